The van der Waals surface area contributed by atoms with Crippen LogP contribution in [0.1, 0.15) is 25.3 Å². The lowest BCUT2D eigenvalue weighted by Gasteiger charge is -2.03. The van der Waals surface area contributed by atoms with Gasteiger partial charge in [0.25, 0.3) is 0 Å². The number of ether oxygens (including phenoxy) is 1. The summed E-state index contributed by atoms with van der Waals surface area (Å²) in [5, 5.41) is 3.29. The molecule has 0 aromatic heterocycles. The molecule has 0 fully saturated rings. The number of methoxy groups -OCH3 is 1. The van der Waals surface area contributed by atoms with E-state index < -0.39 is 0 Å². The van der Waals surface area contributed by atoms with Crippen molar-refractivity contribution in [3.8, 4) is 5.75 Å². The first kappa shape index (κ1) is 13.7. The van der Waals surface area contributed by atoms with Crippen molar-refractivity contribution >= 4 is 6.08 Å². The third-order valence-electron chi connectivity index (χ3n) is 2.43. The number of hydrogen-bond donors (Lipinski definition) is 1. The molecule has 2 nitrogen and oxygen atoms in total. The SMILES string of the molecule is CCCNCC/C=C/c1cccc(OC)c1F. The molecule has 0 heterocycles. The van der Waals surface area contributed by atoms with E-state index in [9.17, 15) is 4.39 Å². The van der Waals surface area contributed by atoms with Gasteiger partial charge in [-0.25, -0.2) is 4.39 Å². The Morgan fingerprint density at radius 2 is 2.18 bits per heavy atom. The van der Waals surface area contributed by atoms with Gasteiger partial charge < -0.3 is 10.1 Å². The van der Waals surface area contributed by atoms with Crippen molar-refractivity contribution in [2.75, 3.05) is 20.2 Å². The number of halogens is 1. The van der Waals surface area contributed by atoms with Gasteiger partial charge in [0.2, 0.25) is 0 Å². The molecule has 3 heteroatoms. The first-order valence-electron chi connectivity index (χ1n) is 5.99. The van der Waals surface area contributed by atoms with Crippen molar-refractivity contribution in [2.24, 2.45) is 0 Å². The maximum atomic E-state index is 13.7. The third-order valence-corrected chi connectivity index (χ3v) is 2.43. The molecule has 0 aliphatic rings. The summed E-state index contributed by atoms with van der Waals surface area (Å²) >= 11 is 0. The number of rotatable bonds is 7. The molecule has 0 bridgehead atoms. The quantitative estimate of drug-likeness (QED) is 0.735. The average Bonchev–Trinajstić information content (AvgIpc) is 2.35. The van der Waals surface area contributed by atoms with Crippen molar-refractivity contribution in [3.05, 3.63) is 35.7 Å². The van der Waals surface area contributed by atoms with Crippen molar-refractivity contribution < 1.29 is 9.13 Å². The second-order valence-corrected chi connectivity index (χ2v) is 3.80. The standard InChI is InChI=1S/C14H20FNO/c1-3-10-16-11-5-4-7-12-8-6-9-13(17-2)14(12)15/h4,6-9,16H,3,5,10-11H2,1-2H3/b7-4+. The van der Waals surface area contributed by atoms with Gasteiger partial charge in [-0.1, -0.05) is 31.2 Å². The first-order chi connectivity index (χ1) is 8.29. The summed E-state index contributed by atoms with van der Waals surface area (Å²) in [6.45, 7) is 4.09. The third kappa shape index (κ3) is 4.57. The van der Waals surface area contributed by atoms with Crippen LogP contribution >= 0.6 is 0 Å². The van der Waals surface area contributed by atoms with Crippen LogP contribution in [0.25, 0.3) is 6.08 Å². The fourth-order valence-electron chi connectivity index (χ4n) is 1.51. The second-order valence-electron chi connectivity index (χ2n) is 3.80. The average molecular weight is 237 g/mol. The van der Waals surface area contributed by atoms with Crippen LogP contribution in [0.2, 0.25) is 0 Å². The Bertz CT molecular complexity index is 363. The molecule has 0 unspecified atom stereocenters. The zero-order valence-corrected chi connectivity index (χ0v) is 10.5. The van der Waals surface area contributed by atoms with Crippen LogP contribution in [0, 0.1) is 5.82 Å². The van der Waals surface area contributed by atoms with Gasteiger partial charge in [0.05, 0.1) is 7.11 Å². The summed E-state index contributed by atoms with van der Waals surface area (Å²) in [5.74, 6) is -0.0102. The van der Waals surface area contributed by atoms with Crippen molar-refractivity contribution in [1.82, 2.24) is 5.32 Å². The zero-order chi connectivity index (χ0) is 12.5. The van der Waals surface area contributed by atoms with E-state index in [1.54, 1.807) is 24.3 Å². The van der Waals surface area contributed by atoms with Crippen LogP contribution in [-0.4, -0.2) is 20.2 Å². The van der Waals surface area contributed by atoms with Gasteiger partial charge in [-0.2, -0.15) is 0 Å². The molecular formula is C14H20FNO. The molecule has 1 aromatic carbocycles. The van der Waals surface area contributed by atoms with Gasteiger partial charge in [-0.3, -0.25) is 0 Å². The van der Waals surface area contributed by atoms with Crippen molar-refractivity contribution in [2.45, 2.75) is 19.8 Å². The number of nitrogens with one attached hydrogen (secondary N) is 1. The maximum Gasteiger partial charge on any atom is 0.172 e. The fourth-order valence-corrected chi connectivity index (χ4v) is 1.51. The van der Waals surface area contributed by atoms with E-state index in [-0.39, 0.29) is 11.6 Å². The molecule has 1 N–H and O–H groups in total. The summed E-state index contributed by atoms with van der Waals surface area (Å²) in [7, 11) is 1.47. The largest absolute Gasteiger partial charge is 0.494 e. The molecule has 1 rings (SSSR count). The highest BCUT2D eigenvalue weighted by atomic mass is 19.1. The van der Waals surface area contributed by atoms with Crippen molar-refractivity contribution in [3.63, 3.8) is 0 Å². The Hall–Kier alpha value is -1.35. The smallest absolute Gasteiger partial charge is 0.172 e. The molecular weight excluding hydrogens is 217 g/mol. The van der Waals surface area contributed by atoms with Crippen LogP contribution in [0.3, 0.4) is 0 Å². The number of hydrogen-bond acceptors (Lipinski definition) is 2. The second kappa shape index (κ2) is 7.85. The molecule has 0 aliphatic heterocycles. The van der Waals surface area contributed by atoms with Crippen LogP contribution < -0.4 is 10.1 Å². The van der Waals surface area contributed by atoms with E-state index in [1.807, 2.05) is 6.08 Å². The molecule has 0 amide bonds. The molecule has 0 saturated heterocycles. The monoisotopic (exact) mass is 237 g/mol. The minimum absolute atomic E-state index is 0.288. The van der Waals surface area contributed by atoms with E-state index in [4.69, 9.17) is 4.74 Å². The van der Waals surface area contributed by atoms with Gasteiger partial charge in [-0.05, 0) is 32.0 Å². The molecule has 0 aliphatic carbocycles. The Kier molecular flexibility index (Phi) is 6.33. The van der Waals surface area contributed by atoms with E-state index in [1.165, 1.54) is 7.11 Å². The lowest BCUT2D eigenvalue weighted by atomic mass is 10.1. The van der Waals surface area contributed by atoms with Crippen molar-refractivity contribution in [1.29, 1.82) is 0 Å². The predicted octanol–water partition coefficient (Wildman–Crippen LogP) is 3.24. The van der Waals surface area contributed by atoms with E-state index in [0.29, 0.717) is 5.56 Å². The lowest BCUT2D eigenvalue weighted by molar-refractivity contribution is 0.386. The highest BCUT2D eigenvalue weighted by molar-refractivity contribution is 5.52. The molecule has 0 atom stereocenters. The minimum atomic E-state index is -0.298. The topological polar surface area (TPSA) is 21.3 Å². The molecule has 94 valence electrons. The van der Waals surface area contributed by atoms with Gasteiger partial charge in [0.1, 0.15) is 0 Å². The summed E-state index contributed by atoms with van der Waals surface area (Å²) in [5.41, 5.74) is 0.569. The highest BCUT2D eigenvalue weighted by Crippen LogP contribution is 2.20. The Morgan fingerprint density at radius 3 is 2.88 bits per heavy atom. The lowest BCUT2D eigenvalue weighted by Crippen LogP contribution is -2.14. The van der Waals surface area contributed by atoms with Gasteiger partial charge in [0.15, 0.2) is 11.6 Å². The summed E-state index contributed by atoms with van der Waals surface area (Å²) in [6.07, 6.45) is 5.80. The number of benzene rings is 1. The van der Waals surface area contributed by atoms with Crippen LogP contribution in [0.15, 0.2) is 24.3 Å². The summed E-state index contributed by atoms with van der Waals surface area (Å²) < 4.78 is 18.6. The Morgan fingerprint density at radius 1 is 1.35 bits per heavy atom. The molecule has 0 saturated carbocycles. The summed E-state index contributed by atoms with van der Waals surface area (Å²) in [4.78, 5) is 0. The maximum absolute atomic E-state index is 13.7. The molecule has 0 spiro atoms. The van der Waals surface area contributed by atoms with Gasteiger partial charge >= 0.3 is 0 Å². The van der Waals surface area contributed by atoms with E-state index >= 15 is 0 Å². The van der Waals surface area contributed by atoms with E-state index in [0.717, 1.165) is 25.9 Å². The molecule has 0 radical (unpaired) electrons. The van der Waals surface area contributed by atoms with Crippen LogP contribution in [-0.2, 0) is 0 Å². The van der Waals surface area contributed by atoms with Gasteiger partial charge in [-0.15, -0.1) is 0 Å². The fraction of sp³-hybridized carbons (Fsp3) is 0.429. The Labute approximate surface area is 102 Å². The summed E-state index contributed by atoms with van der Waals surface area (Å²) in [6, 6.07) is 5.15. The Balaban J connectivity index is 2.48. The van der Waals surface area contributed by atoms with Crippen LogP contribution in [0.5, 0.6) is 5.75 Å². The minimum Gasteiger partial charge on any atom is -0.494 e. The molecule has 1 aromatic rings. The van der Waals surface area contributed by atoms with Crippen LogP contribution in [0.4, 0.5) is 4.39 Å². The predicted molar refractivity (Wildman–Crippen MR) is 69.8 cm³/mol. The van der Waals surface area contributed by atoms with Gasteiger partial charge in [0, 0.05) is 5.56 Å². The highest BCUT2D eigenvalue weighted by Gasteiger charge is 2.04. The van der Waals surface area contributed by atoms with E-state index in [2.05, 4.69) is 12.2 Å². The first-order valence-corrected chi connectivity index (χ1v) is 5.99. The zero-order valence-electron chi connectivity index (χ0n) is 10.5. The normalized spacial score (nSPS) is 11.0. The molecule has 17 heavy (non-hydrogen) atoms.